The van der Waals surface area contributed by atoms with Crippen LogP contribution < -0.4 is 10.9 Å². The summed E-state index contributed by atoms with van der Waals surface area (Å²) in [6.45, 7) is 0.710. The van der Waals surface area contributed by atoms with Crippen molar-refractivity contribution >= 4 is 32.7 Å². The zero-order valence-electron chi connectivity index (χ0n) is 14.0. The van der Waals surface area contributed by atoms with Crippen LogP contribution in [0, 0.1) is 0 Å². The van der Waals surface area contributed by atoms with E-state index in [2.05, 4.69) is 26.2 Å². The Morgan fingerprint density at radius 2 is 2.08 bits per heavy atom. The highest BCUT2D eigenvalue weighted by Gasteiger charge is 2.22. The van der Waals surface area contributed by atoms with Gasteiger partial charge in [-0.25, -0.2) is 13.8 Å². The molecule has 26 heavy (non-hydrogen) atoms. The zero-order valence-corrected chi connectivity index (χ0v) is 15.6. The van der Waals surface area contributed by atoms with Crippen LogP contribution in [0.15, 0.2) is 33.8 Å². The SMILES string of the molecule is O=C(Cn1cnc2ccc(Br)cc2c1=O)NC1CCN(CC(F)F)CC1. The van der Waals surface area contributed by atoms with Crippen molar-refractivity contribution in [2.75, 3.05) is 19.6 Å². The van der Waals surface area contributed by atoms with Crippen molar-refractivity contribution < 1.29 is 13.6 Å². The molecule has 0 saturated carbocycles. The number of hydrogen-bond acceptors (Lipinski definition) is 4. The normalized spacial score (nSPS) is 16.3. The topological polar surface area (TPSA) is 67.2 Å². The Balaban J connectivity index is 1.60. The van der Waals surface area contributed by atoms with Gasteiger partial charge >= 0.3 is 0 Å². The lowest BCUT2D eigenvalue weighted by molar-refractivity contribution is -0.122. The van der Waals surface area contributed by atoms with Crippen molar-refractivity contribution in [1.29, 1.82) is 0 Å². The third-order valence-electron chi connectivity index (χ3n) is 4.45. The molecule has 140 valence electrons. The lowest BCUT2D eigenvalue weighted by atomic mass is 10.1. The molecule has 1 amide bonds. The molecule has 1 N–H and O–H groups in total. The molecule has 0 bridgehead atoms. The second kappa shape index (κ2) is 8.22. The van der Waals surface area contributed by atoms with Gasteiger partial charge in [0.25, 0.3) is 12.0 Å². The van der Waals surface area contributed by atoms with Crippen LogP contribution in [-0.2, 0) is 11.3 Å². The Morgan fingerprint density at radius 1 is 1.35 bits per heavy atom. The van der Waals surface area contributed by atoms with E-state index in [0.29, 0.717) is 36.8 Å². The Kier molecular flexibility index (Phi) is 5.98. The first-order chi connectivity index (χ1) is 12.4. The van der Waals surface area contributed by atoms with Gasteiger partial charge < -0.3 is 5.32 Å². The number of fused-ring (bicyclic) bond motifs is 1. The largest absolute Gasteiger partial charge is 0.352 e. The van der Waals surface area contributed by atoms with E-state index in [0.717, 1.165) is 4.47 Å². The molecule has 1 aromatic heterocycles. The van der Waals surface area contributed by atoms with Gasteiger partial charge in [-0.1, -0.05) is 15.9 Å². The predicted octanol–water partition coefficient (Wildman–Crippen LogP) is 2.00. The summed E-state index contributed by atoms with van der Waals surface area (Å²) < 4.78 is 26.8. The summed E-state index contributed by atoms with van der Waals surface area (Å²) in [6, 6.07) is 5.15. The molecule has 0 radical (unpaired) electrons. The molecule has 0 aliphatic carbocycles. The van der Waals surface area contributed by atoms with Crippen LogP contribution in [0.5, 0.6) is 0 Å². The molecule has 1 aromatic carbocycles. The van der Waals surface area contributed by atoms with Gasteiger partial charge in [0.05, 0.1) is 23.8 Å². The van der Waals surface area contributed by atoms with Crippen LogP contribution in [0.2, 0.25) is 0 Å². The number of carbonyl (C=O) groups excluding carboxylic acids is 1. The lowest BCUT2D eigenvalue weighted by Gasteiger charge is -2.32. The number of piperidine rings is 1. The minimum Gasteiger partial charge on any atom is -0.352 e. The fourth-order valence-electron chi connectivity index (χ4n) is 3.13. The number of benzene rings is 1. The average molecular weight is 429 g/mol. The highest BCUT2D eigenvalue weighted by molar-refractivity contribution is 9.10. The van der Waals surface area contributed by atoms with E-state index in [-0.39, 0.29) is 30.6 Å². The second-order valence-electron chi connectivity index (χ2n) is 6.37. The number of nitrogens with one attached hydrogen (secondary N) is 1. The first-order valence-corrected chi connectivity index (χ1v) is 9.16. The molecule has 0 spiro atoms. The standard InChI is InChI=1S/C17H19BrF2N4O2/c18-11-1-2-14-13(7-11)17(26)24(10-21-14)9-16(25)22-12-3-5-23(6-4-12)8-15(19)20/h1-2,7,10,12,15H,3-6,8-9H2,(H,22,25). The fraction of sp³-hybridized carbons (Fsp3) is 0.471. The molecule has 6 nitrogen and oxygen atoms in total. The molecule has 1 fully saturated rings. The number of rotatable bonds is 5. The van der Waals surface area contributed by atoms with E-state index >= 15 is 0 Å². The van der Waals surface area contributed by atoms with Crippen LogP contribution >= 0.6 is 15.9 Å². The Hall–Kier alpha value is -1.87. The molecular weight excluding hydrogens is 410 g/mol. The van der Waals surface area contributed by atoms with Crippen LogP contribution in [0.4, 0.5) is 8.78 Å². The Bertz CT molecular complexity index is 850. The molecule has 1 saturated heterocycles. The number of halogens is 3. The molecule has 0 unspecified atom stereocenters. The number of carbonyl (C=O) groups is 1. The van der Waals surface area contributed by atoms with Crippen LogP contribution in [-0.4, -0.2) is 52.5 Å². The van der Waals surface area contributed by atoms with Gasteiger partial charge in [-0.2, -0.15) is 0 Å². The molecule has 3 rings (SSSR count). The summed E-state index contributed by atoms with van der Waals surface area (Å²) in [5.74, 6) is -0.282. The first-order valence-electron chi connectivity index (χ1n) is 8.37. The number of likely N-dealkylation sites (tertiary alicyclic amines) is 1. The lowest BCUT2D eigenvalue weighted by Crippen LogP contribution is -2.46. The summed E-state index contributed by atoms with van der Waals surface area (Å²) in [6.07, 6.45) is 0.268. The van der Waals surface area contributed by atoms with Crippen LogP contribution in [0.1, 0.15) is 12.8 Å². The number of amides is 1. The quantitative estimate of drug-likeness (QED) is 0.790. The van der Waals surface area contributed by atoms with Crippen molar-refractivity contribution in [2.24, 2.45) is 0 Å². The Morgan fingerprint density at radius 3 is 2.77 bits per heavy atom. The Labute approximate surface area is 157 Å². The zero-order chi connectivity index (χ0) is 18.7. The smallest absolute Gasteiger partial charge is 0.261 e. The molecule has 1 aliphatic rings. The maximum Gasteiger partial charge on any atom is 0.261 e. The first kappa shape index (κ1) is 18.9. The minimum absolute atomic E-state index is 0.0605. The molecule has 2 heterocycles. The summed E-state index contributed by atoms with van der Waals surface area (Å²) in [5, 5.41) is 3.32. The van der Waals surface area contributed by atoms with Crippen molar-refractivity contribution in [1.82, 2.24) is 19.8 Å². The number of hydrogen-bond donors (Lipinski definition) is 1. The summed E-state index contributed by atoms with van der Waals surface area (Å²) >= 11 is 3.32. The summed E-state index contributed by atoms with van der Waals surface area (Å²) in [7, 11) is 0. The molecule has 2 aromatic rings. The minimum atomic E-state index is -2.34. The highest BCUT2D eigenvalue weighted by atomic mass is 79.9. The fourth-order valence-corrected chi connectivity index (χ4v) is 3.49. The molecule has 1 aliphatic heterocycles. The summed E-state index contributed by atoms with van der Waals surface area (Å²) in [5.41, 5.74) is 0.291. The van der Waals surface area contributed by atoms with Crippen molar-refractivity contribution in [3.8, 4) is 0 Å². The van der Waals surface area contributed by atoms with Crippen LogP contribution in [0.25, 0.3) is 10.9 Å². The van der Waals surface area contributed by atoms with Gasteiger partial charge in [0.1, 0.15) is 6.54 Å². The van der Waals surface area contributed by atoms with Gasteiger partial charge in [-0.3, -0.25) is 19.1 Å². The highest BCUT2D eigenvalue weighted by Crippen LogP contribution is 2.15. The second-order valence-corrected chi connectivity index (χ2v) is 7.29. The van der Waals surface area contributed by atoms with Crippen LogP contribution in [0.3, 0.4) is 0 Å². The van der Waals surface area contributed by atoms with Gasteiger partial charge in [0, 0.05) is 23.6 Å². The van der Waals surface area contributed by atoms with E-state index in [9.17, 15) is 18.4 Å². The molecule has 9 heteroatoms. The number of alkyl halides is 2. The third-order valence-corrected chi connectivity index (χ3v) is 4.94. The van der Waals surface area contributed by atoms with E-state index < -0.39 is 6.43 Å². The summed E-state index contributed by atoms with van der Waals surface area (Å²) in [4.78, 5) is 30.7. The maximum atomic E-state index is 12.5. The number of aromatic nitrogens is 2. The van der Waals surface area contributed by atoms with Crippen molar-refractivity contribution in [3.63, 3.8) is 0 Å². The van der Waals surface area contributed by atoms with E-state index in [1.54, 1.807) is 23.1 Å². The molecular formula is C17H19BrF2N4O2. The van der Waals surface area contributed by atoms with E-state index in [1.165, 1.54) is 10.9 Å². The third kappa shape index (κ3) is 4.64. The van der Waals surface area contributed by atoms with Crippen molar-refractivity contribution in [2.45, 2.75) is 31.9 Å². The molecule has 0 atom stereocenters. The van der Waals surface area contributed by atoms with E-state index in [4.69, 9.17) is 0 Å². The van der Waals surface area contributed by atoms with Crippen molar-refractivity contribution in [3.05, 3.63) is 39.4 Å². The monoisotopic (exact) mass is 428 g/mol. The predicted molar refractivity (Wildman–Crippen MR) is 97.3 cm³/mol. The number of nitrogens with zero attached hydrogens (tertiary/aromatic N) is 3. The van der Waals surface area contributed by atoms with Gasteiger partial charge in [0.2, 0.25) is 5.91 Å². The van der Waals surface area contributed by atoms with Gasteiger partial charge in [0.15, 0.2) is 0 Å². The maximum absolute atomic E-state index is 12.5. The van der Waals surface area contributed by atoms with Gasteiger partial charge in [-0.15, -0.1) is 0 Å². The van der Waals surface area contributed by atoms with E-state index in [1.807, 2.05) is 0 Å². The average Bonchev–Trinajstić information content (AvgIpc) is 2.59. The van der Waals surface area contributed by atoms with Gasteiger partial charge in [-0.05, 0) is 31.0 Å².